The Morgan fingerprint density at radius 1 is 1.15 bits per heavy atom. The van der Waals surface area contributed by atoms with Crippen LogP contribution >= 0.6 is 11.3 Å². The first-order valence-corrected chi connectivity index (χ1v) is 10.1. The third-order valence-corrected chi connectivity index (χ3v) is 6.06. The number of nitrogens with one attached hydrogen (secondary N) is 1. The summed E-state index contributed by atoms with van der Waals surface area (Å²) < 4.78 is 1.87. The fourth-order valence-corrected chi connectivity index (χ4v) is 4.57. The molecule has 0 atom stereocenters. The smallest absolute Gasteiger partial charge is 0.261 e. The Kier molecular flexibility index (Phi) is 5.16. The van der Waals surface area contributed by atoms with Gasteiger partial charge in [0.25, 0.3) is 5.91 Å². The molecule has 0 saturated heterocycles. The van der Waals surface area contributed by atoms with Crippen molar-refractivity contribution in [3.8, 4) is 5.69 Å². The molecule has 2 aromatic heterocycles. The monoisotopic (exact) mass is 365 g/mol. The van der Waals surface area contributed by atoms with Crippen LogP contribution in [0, 0.1) is 0 Å². The Morgan fingerprint density at radius 2 is 2.00 bits per heavy atom. The summed E-state index contributed by atoms with van der Waals surface area (Å²) in [6.45, 7) is 0.627. The lowest BCUT2D eigenvalue weighted by Gasteiger charge is -2.02. The van der Waals surface area contributed by atoms with Crippen LogP contribution in [0.3, 0.4) is 0 Å². The molecule has 26 heavy (non-hydrogen) atoms. The van der Waals surface area contributed by atoms with Crippen molar-refractivity contribution in [2.24, 2.45) is 0 Å². The van der Waals surface area contributed by atoms with Crippen molar-refractivity contribution >= 4 is 17.2 Å². The lowest BCUT2D eigenvalue weighted by molar-refractivity contribution is 0.0958. The number of nitrogens with zero attached hydrogens (tertiary/aromatic N) is 2. The van der Waals surface area contributed by atoms with Gasteiger partial charge in [0.1, 0.15) is 0 Å². The van der Waals surface area contributed by atoms with Crippen molar-refractivity contribution in [1.29, 1.82) is 0 Å². The van der Waals surface area contributed by atoms with Gasteiger partial charge in [-0.05, 0) is 61.4 Å². The minimum absolute atomic E-state index is 0.0542. The van der Waals surface area contributed by atoms with E-state index in [2.05, 4.69) is 16.5 Å². The number of thiophene rings is 1. The van der Waals surface area contributed by atoms with Crippen molar-refractivity contribution in [2.45, 2.75) is 38.5 Å². The molecule has 1 amide bonds. The fraction of sp³-hybridized carbons (Fsp3) is 0.333. The molecule has 2 heterocycles. The normalized spacial score (nSPS) is 13.8. The maximum Gasteiger partial charge on any atom is 0.261 e. The molecular weight excluding hydrogens is 342 g/mol. The Labute approximate surface area is 157 Å². The Hall–Kier alpha value is -2.40. The van der Waals surface area contributed by atoms with Gasteiger partial charge in [-0.15, -0.1) is 11.3 Å². The van der Waals surface area contributed by atoms with Crippen molar-refractivity contribution in [3.05, 3.63) is 69.7 Å². The summed E-state index contributed by atoms with van der Waals surface area (Å²) in [6, 6.07) is 12.2. The number of carbonyl (C=O) groups is 1. The first-order valence-electron chi connectivity index (χ1n) is 9.28. The number of aromatic nitrogens is 2. The summed E-state index contributed by atoms with van der Waals surface area (Å²) in [5, 5.41) is 7.46. The SMILES string of the molecule is O=C(NCCc1cnn(-c2ccccc2)c1)c1cc2c(s1)CCCCC2. The summed E-state index contributed by atoms with van der Waals surface area (Å²) in [4.78, 5) is 14.7. The highest BCUT2D eigenvalue weighted by Crippen LogP contribution is 2.28. The molecule has 0 spiro atoms. The van der Waals surface area contributed by atoms with Crippen molar-refractivity contribution in [2.75, 3.05) is 6.54 Å². The lowest BCUT2D eigenvalue weighted by Crippen LogP contribution is -2.24. The minimum Gasteiger partial charge on any atom is -0.351 e. The molecule has 0 unspecified atom stereocenters. The molecule has 1 aliphatic rings. The molecule has 0 fully saturated rings. The van der Waals surface area contributed by atoms with Gasteiger partial charge < -0.3 is 5.32 Å². The van der Waals surface area contributed by atoms with Crippen molar-refractivity contribution in [3.63, 3.8) is 0 Å². The van der Waals surface area contributed by atoms with Crippen LogP contribution in [0.2, 0.25) is 0 Å². The van der Waals surface area contributed by atoms with E-state index in [1.54, 1.807) is 11.3 Å². The summed E-state index contributed by atoms with van der Waals surface area (Å²) in [5.74, 6) is 0.0542. The van der Waals surface area contributed by atoms with E-state index in [1.807, 2.05) is 47.4 Å². The average molecular weight is 366 g/mol. The summed E-state index contributed by atoms with van der Waals surface area (Å²) in [6.07, 6.45) is 10.7. The predicted octanol–water partition coefficient (Wildman–Crippen LogP) is 4.18. The molecule has 4 nitrogen and oxygen atoms in total. The molecule has 0 bridgehead atoms. The molecule has 0 radical (unpaired) electrons. The Morgan fingerprint density at radius 3 is 2.88 bits per heavy atom. The topological polar surface area (TPSA) is 46.9 Å². The minimum atomic E-state index is 0.0542. The van der Waals surface area contributed by atoms with Gasteiger partial charge in [-0.2, -0.15) is 5.10 Å². The first-order chi connectivity index (χ1) is 12.8. The third kappa shape index (κ3) is 3.88. The fourth-order valence-electron chi connectivity index (χ4n) is 3.40. The van der Waals surface area contributed by atoms with E-state index in [9.17, 15) is 4.79 Å². The number of hydrogen-bond acceptors (Lipinski definition) is 3. The molecule has 1 aliphatic carbocycles. The highest BCUT2D eigenvalue weighted by molar-refractivity contribution is 7.14. The quantitative estimate of drug-likeness (QED) is 0.690. The van der Waals surface area contributed by atoms with E-state index in [4.69, 9.17) is 0 Å². The summed E-state index contributed by atoms with van der Waals surface area (Å²) in [7, 11) is 0. The van der Waals surface area contributed by atoms with Gasteiger partial charge in [0.05, 0.1) is 16.8 Å². The van der Waals surface area contributed by atoms with E-state index in [-0.39, 0.29) is 5.91 Å². The van der Waals surface area contributed by atoms with Gasteiger partial charge in [0.15, 0.2) is 0 Å². The molecule has 1 aromatic carbocycles. The first kappa shape index (κ1) is 17.0. The second-order valence-electron chi connectivity index (χ2n) is 6.75. The van der Waals surface area contributed by atoms with E-state index < -0.39 is 0 Å². The number of fused-ring (bicyclic) bond motifs is 1. The van der Waals surface area contributed by atoms with Crippen LogP contribution in [0.25, 0.3) is 5.69 Å². The second-order valence-corrected chi connectivity index (χ2v) is 7.89. The number of hydrogen-bond donors (Lipinski definition) is 1. The number of amides is 1. The van der Waals surface area contributed by atoms with Crippen LogP contribution in [0.5, 0.6) is 0 Å². The molecule has 3 aromatic rings. The Balaban J connectivity index is 1.32. The number of rotatable bonds is 5. The van der Waals surface area contributed by atoms with Crippen LogP contribution in [0.15, 0.2) is 48.8 Å². The van der Waals surface area contributed by atoms with Gasteiger partial charge >= 0.3 is 0 Å². The lowest BCUT2D eigenvalue weighted by atomic mass is 10.1. The van der Waals surface area contributed by atoms with E-state index in [1.165, 1.54) is 29.7 Å². The number of benzene rings is 1. The molecule has 134 valence electrons. The van der Waals surface area contributed by atoms with Crippen LogP contribution in [-0.4, -0.2) is 22.2 Å². The molecule has 0 aliphatic heterocycles. The molecule has 4 rings (SSSR count). The average Bonchev–Trinajstić information content (AvgIpc) is 3.25. The van der Waals surface area contributed by atoms with Gasteiger partial charge in [0.2, 0.25) is 0 Å². The maximum atomic E-state index is 12.4. The Bertz CT molecular complexity index is 858. The summed E-state index contributed by atoms with van der Waals surface area (Å²) in [5.41, 5.74) is 3.56. The summed E-state index contributed by atoms with van der Waals surface area (Å²) >= 11 is 1.68. The molecular formula is C21H23N3OS. The van der Waals surface area contributed by atoms with Gasteiger partial charge in [-0.1, -0.05) is 24.6 Å². The van der Waals surface area contributed by atoms with E-state index in [0.717, 1.165) is 35.4 Å². The van der Waals surface area contributed by atoms with Gasteiger partial charge in [-0.3, -0.25) is 4.79 Å². The maximum absolute atomic E-state index is 12.4. The standard InChI is InChI=1S/C21H23N3OS/c25-21(20-13-17-7-3-1-6-10-19(17)26-20)22-12-11-16-14-23-24(15-16)18-8-4-2-5-9-18/h2,4-5,8-9,13-15H,1,3,6-7,10-12H2,(H,22,25). The zero-order chi connectivity index (χ0) is 17.8. The van der Waals surface area contributed by atoms with E-state index >= 15 is 0 Å². The van der Waals surface area contributed by atoms with Gasteiger partial charge in [0, 0.05) is 17.6 Å². The second kappa shape index (κ2) is 7.87. The highest BCUT2D eigenvalue weighted by atomic mass is 32.1. The zero-order valence-corrected chi connectivity index (χ0v) is 15.6. The molecule has 0 saturated carbocycles. The highest BCUT2D eigenvalue weighted by Gasteiger charge is 2.16. The molecule has 1 N–H and O–H groups in total. The van der Waals surface area contributed by atoms with Crippen LogP contribution in [-0.2, 0) is 19.3 Å². The van der Waals surface area contributed by atoms with Gasteiger partial charge in [-0.25, -0.2) is 4.68 Å². The van der Waals surface area contributed by atoms with Crippen LogP contribution in [0.1, 0.15) is 44.9 Å². The van der Waals surface area contributed by atoms with Crippen LogP contribution < -0.4 is 5.32 Å². The number of carbonyl (C=O) groups excluding carboxylic acids is 1. The number of para-hydroxylation sites is 1. The molecule has 5 heteroatoms. The largest absolute Gasteiger partial charge is 0.351 e. The van der Waals surface area contributed by atoms with Crippen molar-refractivity contribution in [1.82, 2.24) is 15.1 Å². The van der Waals surface area contributed by atoms with E-state index in [0.29, 0.717) is 6.54 Å². The number of aryl methyl sites for hydroxylation is 2. The third-order valence-electron chi connectivity index (χ3n) is 4.83. The zero-order valence-electron chi connectivity index (χ0n) is 14.8. The van der Waals surface area contributed by atoms with Crippen molar-refractivity contribution < 1.29 is 4.79 Å². The van der Waals surface area contributed by atoms with Crippen LogP contribution in [0.4, 0.5) is 0 Å². The predicted molar refractivity (Wildman–Crippen MR) is 105 cm³/mol.